The molecule has 0 aliphatic heterocycles. The van der Waals surface area contributed by atoms with E-state index in [0.717, 1.165) is 22.8 Å². The van der Waals surface area contributed by atoms with Crippen molar-refractivity contribution in [3.05, 3.63) is 47.0 Å². The summed E-state index contributed by atoms with van der Waals surface area (Å²) in [5.74, 6) is 0. The molecule has 0 aliphatic carbocycles. The van der Waals surface area contributed by atoms with Crippen LogP contribution in [0.25, 0.3) is 0 Å². The number of nitrogens with zero attached hydrogens (tertiary/aromatic N) is 4. The minimum atomic E-state index is 0. The summed E-state index contributed by atoms with van der Waals surface area (Å²) in [6.07, 6.45) is 3.49. The number of hydrogen-bond acceptors (Lipinski definition) is 2. The van der Waals surface area contributed by atoms with Crippen molar-refractivity contribution in [3.8, 4) is 0 Å². The Hall–Kier alpha value is -1.58. The maximum absolute atomic E-state index is 4.15. The molecule has 5 heteroatoms. The van der Waals surface area contributed by atoms with Gasteiger partial charge in [-0.1, -0.05) is 38.1 Å². The van der Waals surface area contributed by atoms with Crippen molar-refractivity contribution in [2.24, 2.45) is 9.98 Å². The van der Waals surface area contributed by atoms with E-state index in [1.54, 1.807) is 26.5 Å². The molecule has 0 aliphatic rings. The zero-order valence-electron chi connectivity index (χ0n) is 11.6. The van der Waals surface area contributed by atoms with Crippen LogP contribution >= 0.6 is 0 Å². The molecule has 0 saturated heterocycles. The molecule has 0 saturated carbocycles. The molecule has 0 aromatic carbocycles. The molecule has 0 unspecified atom stereocenters. The standard InChI is InChI=1S/2C7H9N2.Mn/c2*1-6-3-4-7(9-6)5-8-2;/h2*3-5H,1-2H3;/q2*-1;+2. The van der Waals surface area contributed by atoms with Crippen molar-refractivity contribution in [2.75, 3.05) is 14.1 Å². The van der Waals surface area contributed by atoms with Crippen LogP contribution in [0.4, 0.5) is 0 Å². The van der Waals surface area contributed by atoms with Crippen LogP contribution in [0.5, 0.6) is 0 Å². The van der Waals surface area contributed by atoms with E-state index in [-0.39, 0.29) is 17.1 Å². The molecule has 0 N–H and O–H groups in total. The number of aliphatic imine (C=N–C) groups is 2. The van der Waals surface area contributed by atoms with E-state index in [1.807, 2.05) is 38.1 Å². The van der Waals surface area contributed by atoms with Gasteiger partial charge in [-0.2, -0.15) is 11.4 Å². The Balaban J connectivity index is 0.000000324. The third-order valence-electron chi connectivity index (χ3n) is 2.12. The van der Waals surface area contributed by atoms with Crippen molar-refractivity contribution in [1.82, 2.24) is 9.97 Å². The monoisotopic (exact) mass is 297 g/mol. The van der Waals surface area contributed by atoms with Gasteiger partial charge < -0.3 is 9.97 Å². The van der Waals surface area contributed by atoms with Gasteiger partial charge in [0.05, 0.1) is 0 Å². The molecule has 1 radical (unpaired) electrons. The van der Waals surface area contributed by atoms with Crippen molar-refractivity contribution in [2.45, 2.75) is 13.8 Å². The van der Waals surface area contributed by atoms with Crippen molar-refractivity contribution in [1.29, 1.82) is 0 Å². The fourth-order valence-electron chi connectivity index (χ4n) is 1.38. The van der Waals surface area contributed by atoms with Gasteiger partial charge in [-0.3, -0.25) is 9.98 Å². The molecule has 101 valence electrons. The topological polar surface area (TPSA) is 52.9 Å². The summed E-state index contributed by atoms with van der Waals surface area (Å²) in [4.78, 5) is 16.0. The molecule has 2 aromatic heterocycles. The molecule has 0 atom stereocenters. The van der Waals surface area contributed by atoms with Crippen LogP contribution in [0, 0.1) is 13.8 Å². The molecule has 4 nitrogen and oxygen atoms in total. The van der Waals surface area contributed by atoms with Crippen LogP contribution in [-0.4, -0.2) is 26.5 Å². The molecular formula is C14H18MnN4. The Labute approximate surface area is 124 Å². The first-order chi connectivity index (χ1) is 8.65. The minimum absolute atomic E-state index is 0. The normalized spacial score (nSPS) is 10.3. The third kappa shape index (κ3) is 6.79. The van der Waals surface area contributed by atoms with Gasteiger partial charge in [-0.15, -0.1) is 11.4 Å². The van der Waals surface area contributed by atoms with Crippen LogP contribution in [0.1, 0.15) is 22.8 Å². The van der Waals surface area contributed by atoms with E-state index in [9.17, 15) is 0 Å². The Morgan fingerprint density at radius 2 is 1.16 bits per heavy atom. The van der Waals surface area contributed by atoms with Crippen LogP contribution in [0.15, 0.2) is 34.3 Å². The van der Waals surface area contributed by atoms with Gasteiger partial charge in [0.25, 0.3) is 0 Å². The first kappa shape index (κ1) is 17.4. The molecule has 0 bridgehead atoms. The quantitative estimate of drug-likeness (QED) is 0.629. The Morgan fingerprint density at radius 3 is 1.37 bits per heavy atom. The first-order valence-corrected chi connectivity index (χ1v) is 5.70. The Morgan fingerprint density at radius 1 is 0.789 bits per heavy atom. The SMILES string of the molecule is CN=Cc1ccc(C)[n-]1.CN=Cc1ccc(C)[n-]1.[Mn+2]. The largest absolute Gasteiger partial charge is 2.00 e. The second kappa shape index (κ2) is 9.36. The van der Waals surface area contributed by atoms with Crippen LogP contribution in [-0.2, 0) is 17.1 Å². The number of hydrogen-bond donors (Lipinski definition) is 0. The van der Waals surface area contributed by atoms with Crippen LogP contribution < -0.4 is 9.97 Å². The van der Waals surface area contributed by atoms with Crippen LogP contribution in [0.3, 0.4) is 0 Å². The summed E-state index contributed by atoms with van der Waals surface area (Å²) in [7, 11) is 3.48. The summed E-state index contributed by atoms with van der Waals surface area (Å²) in [6, 6.07) is 7.83. The Kier molecular flexibility index (Phi) is 8.58. The van der Waals surface area contributed by atoms with E-state index in [0.29, 0.717) is 0 Å². The predicted molar refractivity (Wildman–Crippen MR) is 76.0 cm³/mol. The summed E-state index contributed by atoms with van der Waals surface area (Å²) in [5, 5.41) is 0. The van der Waals surface area contributed by atoms with E-state index >= 15 is 0 Å². The zero-order chi connectivity index (χ0) is 13.4. The molecule has 0 spiro atoms. The fourth-order valence-corrected chi connectivity index (χ4v) is 1.38. The smallest absolute Gasteiger partial charge is 0.660 e. The van der Waals surface area contributed by atoms with Gasteiger partial charge in [0.15, 0.2) is 0 Å². The maximum atomic E-state index is 4.15. The van der Waals surface area contributed by atoms with Crippen molar-refractivity contribution < 1.29 is 17.1 Å². The third-order valence-corrected chi connectivity index (χ3v) is 2.12. The number of rotatable bonds is 2. The van der Waals surface area contributed by atoms with E-state index in [4.69, 9.17) is 0 Å². The van der Waals surface area contributed by atoms with Crippen LogP contribution in [0.2, 0.25) is 0 Å². The average Bonchev–Trinajstić information content (AvgIpc) is 2.90. The van der Waals surface area contributed by atoms with Gasteiger partial charge >= 0.3 is 17.1 Å². The summed E-state index contributed by atoms with van der Waals surface area (Å²) >= 11 is 0. The van der Waals surface area contributed by atoms with E-state index in [2.05, 4.69) is 20.0 Å². The zero-order valence-corrected chi connectivity index (χ0v) is 12.8. The number of aromatic nitrogens is 2. The summed E-state index contributed by atoms with van der Waals surface area (Å²) in [5.41, 5.74) is 3.97. The van der Waals surface area contributed by atoms with E-state index < -0.39 is 0 Å². The first-order valence-electron chi connectivity index (χ1n) is 5.70. The maximum Gasteiger partial charge on any atom is 2.00 e. The molecule has 2 rings (SSSR count). The molecular weight excluding hydrogens is 279 g/mol. The van der Waals surface area contributed by atoms with Gasteiger partial charge in [-0.25, -0.2) is 0 Å². The van der Waals surface area contributed by atoms with Gasteiger partial charge in [0.1, 0.15) is 0 Å². The second-order valence-corrected chi connectivity index (χ2v) is 3.80. The van der Waals surface area contributed by atoms with Gasteiger partial charge in [-0.05, 0) is 0 Å². The summed E-state index contributed by atoms with van der Waals surface area (Å²) < 4.78 is 0. The van der Waals surface area contributed by atoms with Gasteiger partial charge in [0, 0.05) is 26.5 Å². The summed E-state index contributed by atoms with van der Waals surface area (Å²) in [6.45, 7) is 3.93. The molecule has 0 fully saturated rings. The van der Waals surface area contributed by atoms with Crippen molar-refractivity contribution >= 4 is 12.4 Å². The number of aryl methyl sites for hydroxylation is 2. The second-order valence-electron chi connectivity index (χ2n) is 3.80. The molecule has 2 heterocycles. The molecule has 0 amide bonds. The molecule has 2 aromatic rings. The van der Waals surface area contributed by atoms with Crippen molar-refractivity contribution in [3.63, 3.8) is 0 Å². The average molecular weight is 297 g/mol. The van der Waals surface area contributed by atoms with E-state index in [1.165, 1.54) is 0 Å². The minimum Gasteiger partial charge on any atom is -0.660 e. The fraction of sp³-hybridized carbons (Fsp3) is 0.286. The van der Waals surface area contributed by atoms with Gasteiger partial charge in [0.2, 0.25) is 0 Å². The Bertz CT molecular complexity index is 475. The molecule has 19 heavy (non-hydrogen) atoms. The predicted octanol–water partition coefficient (Wildman–Crippen LogP) is 2.00.